The first-order chi connectivity index (χ1) is 8.41. The zero-order chi connectivity index (χ0) is 13.1. The van der Waals surface area contributed by atoms with Gasteiger partial charge in [-0.3, -0.25) is 0 Å². The van der Waals surface area contributed by atoms with Crippen molar-refractivity contribution in [3.63, 3.8) is 0 Å². The Hall–Kier alpha value is -1.19. The highest BCUT2D eigenvalue weighted by molar-refractivity contribution is 7.03. The Bertz CT molecular complexity index is 665. The molecule has 1 aliphatic heterocycles. The summed E-state index contributed by atoms with van der Waals surface area (Å²) in [5.41, 5.74) is 1.42. The van der Waals surface area contributed by atoms with Crippen LogP contribution in [0.4, 0.5) is 8.78 Å². The largest absolute Gasteiger partial charge is 0.207 e. The van der Waals surface area contributed by atoms with Crippen LogP contribution in [-0.2, 0) is 0 Å². The van der Waals surface area contributed by atoms with Crippen molar-refractivity contribution in [2.24, 2.45) is 0 Å². The van der Waals surface area contributed by atoms with E-state index in [9.17, 15) is 8.78 Å². The van der Waals surface area contributed by atoms with Gasteiger partial charge >= 0.3 is 0 Å². The third-order valence-corrected chi connectivity index (χ3v) is 7.39. The molecule has 0 atom stereocenters. The third-order valence-electron chi connectivity index (χ3n) is 3.65. The van der Waals surface area contributed by atoms with Crippen LogP contribution in [0.15, 0.2) is 30.3 Å². The molecule has 18 heavy (non-hydrogen) atoms. The summed E-state index contributed by atoms with van der Waals surface area (Å²) in [6, 6.07) is 7.90. The van der Waals surface area contributed by atoms with Crippen molar-refractivity contribution < 1.29 is 8.78 Å². The highest BCUT2D eigenvalue weighted by Gasteiger charge is 2.39. The van der Waals surface area contributed by atoms with Crippen molar-refractivity contribution in [3.8, 4) is 11.1 Å². The van der Waals surface area contributed by atoms with Gasteiger partial charge in [-0.25, -0.2) is 8.78 Å². The molecule has 0 nitrogen and oxygen atoms in total. The zero-order valence-electron chi connectivity index (χ0n) is 10.0. The van der Waals surface area contributed by atoms with E-state index in [2.05, 4.69) is 13.1 Å². The predicted octanol–water partition coefficient (Wildman–Crippen LogP) is 3.42. The summed E-state index contributed by atoms with van der Waals surface area (Å²) in [5, 5.41) is 2.54. The molecule has 0 saturated heterocycles. The molecule has 0 amide bonds. The molecule has 0 saturated carbocycles. The molecular formula is C14H11ClF2Si. The molecule has 92 valence electrons. The Morgan fingerprint density at radius 3 is 2.44 bits per heavy atom. The van der Waals surface area contributed by atoms with Crippen LogP contribution >= 0.6 is 11.6 Å². The minimum Gasteiger partial charge on any atom is -0.207 e. The number of halogens is 3. The Balaban J connectivity index is 2.42. The van der Waals surface area contributed by atoms with E-state index >= 15 is 0 Å². The monoisotopic (exact) mass is 280 g/mol. The van der Waals surface area contributed by atoms with Crippen molar-refractivity contribution in [1.82, 2.24) is 0 Å². The van der Waals surface area contributed by atoms with E-state index in [0.717, 1.165) is 22.0 Å². The van der Waals surface area contributed by atoms with Gasteiger partial charge in [0.25, 0.3) is 0 Å². The van der Waals surface area contributed by atoms with Crippen molar-refractivity contribution in [3.05, 3.63) is 47.0 Å². The molecule has 4 heteroatoms. The Kier molecular flexibility index (Phi) is 2.41. The van der Waals surface area contributed by atoms with E-state index < -0.39 is 19.7 Å². The normalized spacial score (nSPS) is 15.4. The Morgan fingerprint density at radius 1 is 1.00 bits per heavy atom. The maximum Gasteiger partial charge on any atom is 0.133 e. The molecule has 0 N–H and O–H groups in total. The lowest BCUT2D eigenvalue weighted by Gasteiger charge is -2.18. The molecule has 0 fully saturated rings. The van der Waals surface area contributed by atoms with Crippen LogP contribution in [0.5, 0.6) is 0 Å². The minimum atomic E-state index is -2.04. The van der Waals surface area contributed by atoms with Crippen LogP contribution in [0.3, 0.4) is 0 Å². The van der Waals surface area contributed by atoms with Crippen LogP contribution in [0.25, 0.3) is 11.1 Å². The van der Waals surface area contributed by atoms with Gasteiger partial charge in [0.15, 0.2) is 0 Å². The van der Waals surface area contributed by atoms with Crippen LogP contribution < -0.4 is 10.4 Å². The van der Waals surface area contributed by atoms with E-state index in [1.54, 1.807) is 6.07 Å². The fraction of sp³-hybridized carbons (Fsp3) is 0.143. The van der Waals surface area contributed by atoms with E-state index in [0.29, 0.717) is 10.6 Å². The van der Waals surface area contributed by atoms with Crippen LogP contribution in [0.2, 0.25) is 18.1 Å². The lowest BCUT2D eigenvalue weighted by molar-refractivity contribution is 0.587. The van der Waals surface area contributed by atoms with Gasteiger partial charge in [-0.1, -0.05) is 30.8 Å². The maximum absolute atomic E-state index is 14.0. The summed E-state index contributed by atoms with van der Waals surface area (Å²) in [4.78, 5) is 0. The van der Waals surface area contributed by atoms with Gasteiger partial charge in [0.05, 0.1) is 0 Å². The molecule has 3 rings (SSSR count). The van der Waals surface area contributed by atoms with E-state index in [-0.39, 0.29) is 0 Å². The van der Waals surface area contributed by atoms with E-state index in [1.165, 1.54) is 6.07 Å². The van der Waals surface area contributed by atoms with Crippen molar-refractivity contribution in [1.29, 1.82) is 0 Å². The fourth-order valence-corrected chi connectivity index (χ4v) is 6.07. The number of fused-ring (bicyclic) bond motifs is 3. The van der Waals surface area contributed by atoms with Crippen LogP contribution in [-0.4, -0.2) is 8.07 Å². The van der Waals surface area contributed by atoms with Gasteiger partial charge in [0.1, 0.15) is 19.7 Å². The summed E-state index contributed by atoms with van der Waals surface area (Å²) in [6.07, 6.45) is 0. The first-order valence-electron chi connectivity index (χ1n) is 5.71. The summed E-state index contributed by atoms with van der Waals surface area (Å²) >= 11 is 6.02. The first kappa shape index (κ1) is 11.9. The number of benzene rings is 2. The molecule has 0 bridgehead atoms. The minimum absolute atomic E-state index is 0.480. The summed E-state index contributed by atoms with van der Waals surface area (Å²) < 4.78 is 27.4. The molecule has 0 spiro atoms. The van der Waals surface area contributed by atoms with Gasteiger partial charge in [-0.05, 0) is 34.1 Å². The first-order valence-corrected chi connectivity index (χ1v) is 9.09. The topological polar surface area (TPSA) is 0 Å². The quantitative estimate of drug-likeness (QED) is 0.649. The molecule has 2 aromatic rings. The average Bonchev–Trinajstić information content (AvgIpc) is 2.49. The van der Waals surface area contributed by atoms with Gasteiger partial charge in [-0.15, -0.1) is 0 Å². The average molecular weight is 281 g/mol. The third kappa shape index (κ3) is 1.47. The molecule has 0 unspecified atom stereocenters. The second kappa shape index (κ2) is 3.65. The molecular weight excluding hydrogens is 270 g/mol. The smallest absolute Gasteiger partial charge is 0.133 e. The van der Waals surface area contributed by atoms with Crippen LogP contribution in [0, 0.1) is 11.6 Å². The predicted molar refractivity (Wildman–Crippen MR) is 73.6 cm³/mol. The molecule has 0 aromatic heterocycles. The van der Waals surface area contributed by atoms with Gasteiger partial charge < -0.3 is 0 Å². The molecule has 1 heterocycles. The van der Waals surface area contributed by atoms with Gasteiger partial charge in [0.2, 0.25) is 0 Å². The summed E-state index contributed by atoms with van der Waals surface area (Å²) in [5.74, 6) is -0.989. The maximum atomic E-state index is 14.0. The standard InChI is InChI=1S/C14H11ClF2Si/c1-18(2)12-5-8(15)3-4-10(12)14-11(17)6-9(16)7-13(14)18/h3-7H,1-2H3. The second-order valence-electron chi connectivity index (χ2n) is 5.13. The lowest BCUT2D eigenvalue weighted by atomic mass is 10.1. The second-order valence-corrected chi connectivity index (χ2v) is 9.89. The van der Waals surface area contributed by atoms with Crippen molar-refractivity contribution >= 4 is 30.0 Å². The highest BCUT2D eigenvalue weighted by Crippen LogP contribution is 2.31. The van der Waals surface area contributed by atoms with Crippen molar-refractivity contribution in [2.45, 2.75) is 13.1 Å². The van der Waals surface area contributed by atoms with Crippen LogP contribution in [0.1, 0.15) is 0 Å². The molecule has 0 aliphatic carbocycles. The van der Waals surface area contributed by atoms with Gasteiger partial charge in [0, 0.05) is 16.7 Å². The Labute approximate surface area is 110 Å². The molecule has 1 aliphatic rings. The number of rotatable bonds is 0. The summed E-state index contributed by atoms with van der Waals surface area (Å²) in [7, 11) is -2.04. The number of hydrogen-bond donors (Lipinski definition) is 0. The van der Waals surface area contributed by atoms with E-state index in [4.69, 9.17) is 11.6 Å². The molecule has 2 aromatic carbocycles. The summed E-state index contributed by atoms with van der Waals surface area (Å²) in [6.45, 7) is 4.18. The van der Waals surface area contributed by atoms with Gasteiger partial charge in [-0.2, -0.15) is 0 Å². The highest BCUT2D eigenvalue weighted by atomic mass is 35.5. The molecule has 0 radical (unpaired) electrons. The SMILES string of the molecule is C[Si]1(C)c2cc(Cl)ccc2-c2c(F)cc(F)cc21. The van der Waals surface area contributed by atoms with Crippen molar-refractivity contribution in [2.75, 3.05) is 0 Å². The number of hydrogen-bond acceptors (Lipinski definition) is 0. The van der Waals surface area contributed by atoms with E-state index in [1.807, 2.05) is 12.1 Å². The zero-order valence-corrected chi connectivity index (χ0v) is 11.8. The Morgan fingerprint density at radius 2 is 1.72 bits per heavy atom. The lowest BCUT2D eigenvalue weighted by Crippen LogP contribution is -2.49. The fourth-order valence-electron chi connectivity index (χ4n) is 2.74.